The van der Waals surface area contributed by atoms with Gasteiger partial charge in [0.15, 0.2) is 5.82 Å². The number of pyridine rings is 1. The average molecular weight is 527 g/mol. The van der Waals surface area contributed by atoms with Gasteiger partial charge in [-0.3, -0.25) is 4.98 Å². The highest BCUT2D eigenvalue weighted by molar-refractivity contribution is 7.99. The lowest BCUT2D eigenvalue weighted by Gasteiger charge is -2.12. The van der Waals surface area contributed by atoms with E-state index >= 15 is 0 Å². The summed E-state index contributed by atoms with van der Waals surface area (Å²) in [5.41, 5.74) is 2.83. The molecule has 0 aliphatic rings. The van der Waals surface area contributed by atoms with Gasteiger partial charge in [0, 0.05) is 55.2 Å². The van der Waals surface area contributed by atoms with Gasteiger partial charge in [-0.15, -0.1) is 10.2 Å². The Morgan fingerprint density at radius 3 is 2.32 bits per heavy atom. The highest BCUT2D eigenvalue weighted by Gasteiger charge is 2.13. The maximum absolute atomic E-state index is 14.5. The quantitative estimate of drug-likeness (QED) is 0.243. The van der Waals surface area contributed by atoms with Gasteiger partial charge in [-0.05, 0) is 42.5 Å². The monoisotopic (exact) mass is 526 g/mol. The maximum Gasteiger partial charge on any atom is 0.161 e. The molecule has 6 rings (SSSR count). The first kappa shape index (κ1) is 23.3. The zero-order valence-electron chi connectivity index (χ0n) is 19.1. The van der Waals surface area contributed by atoms with E-state index in [0.29, 0.717) is 21.1 Å². The van der Waals surface area contributed by atoms with Crippen molar-refractivity contribution in [3.05, 3.63) is 114 Å². The first-order chi connectivity index (χ1) is 18.0. The van der Waals surface area contributed by atoms with Gasteiger partial charge in [-0.1, -0.05) is 59.8 Å². The maximum atomic E-state index is 14.5. The molecule has 6 aromatic rings. The molecule has 0 saturated carbocycles. The number of nitrogens with zero attached hydrogens (tertiary/aromatic N) is 3. The van der Waals surface area contributed by atoms with Crippen LogP contribution in [0, 0.1) is 11.6 Å². The Hall–Kier alpha value is -4.07. The average Bonchev–Trinajstić information content (AvgIpc) is 2.90. The van der Waals surface area contributed by atoms with Gasteiger partial charge in [-0.2, -0.15) is 0 Å². The molecule has 0 radical (unpaired) electrons. The summed E-state index contributed by atoms with van der Waals surface area (Å²) in [6, 6.07) is 27.0. The van der Waals surface area contributed by atoms with Crippen LogP contribution in [0.3, 0.4) is 0 Å². The van der Waals surface area contributed by atoms with Crippen molar-refractivity contribution in [3.8, 4) is 11.3 Å². The fourth-order valence-electron chi connectivity index (χ4n) is 4.15. The summed E-state index contributed by atoms with van der Waals surface area (Å²) in [5, 5.41) is 15.2. The van der Waals surface area contributed by atoms with E-state index in [1.54, 1.807) is 12.3 Å². The van der Waals surface area contributed by atoms with E-state index in [1.165, 1.54) is 17.8 Å². The molecule has 0 bridgehead atoms. The van der Waals surface area contributed by atoms with E-state index in [1.807, 2.05) is 72.8 Å². The second-order valence-electron chi connectivity index (χ2n) is 8.29. The molecule has 0 spiro atoms. The van der Waals surface area contributed by atoms with Crippen LogP contribution in [-0.4, -0.2) is 15.2 Å². The van der Waals surface area contributed by atoms with Crippen LogP contribution in [0.4, 0.5) is 20.3 Å². The first-order valence-corrected chi connectivity index (χ1v) is 12.5. The Balaban J connectivity index is 1.28. The number of fused-ring (bicyclic) bond motifs is 2. The Kier molecular flexibility index (Phi) is 6.16. The summed E-state index contributed by atoms with van der Waals surface area (Å²) in [5.74, 6) is -0.638. The molecule has 0 unspecified atom stereocenters. The number of hydrogen-bond donors (Lipinski definition) is 1. The Bertz CT molecular complexity index is 1760. The molecule has 1 N–H and O–H groups in total. The fraction of sp³-hybridized carbons (Fsp3) is 0. The zero-order chi connectivity index (χ0) is 25.4. The Morgan fingerprint density at radius 1 is 0.784 bits per heavy atom. The number of nitrogens with one attached hydrogen (secondary N) is 1. The highest BCUT2D eigenvalue weighted by Crippen LogP contribution is 2.36. The Morgan fingerprint density at radius 2 is 1.54 bits per heavy atom. The van der Waals surface area contributed by atoms with Crippen molar-refractivity contribution in [3.63, 3.8) is 0 Å². The van der Waals surface area contributed by atoms with Gasteiger partial charge in [0.1, 0.15) is 17.3 Å². The number of aromatic nitrogens is 3. The van der Waals surface area contributed by atoms with Crippen molar-refractivity contribution >= 4 is 56.5 Å². The Labute approximate surface area is 220 Å². The minimum atomic E-state index is -0.646. The largest absolute Gasteiger partial charge is 0.338 e. The van der Waals surface area contributed by atoms with Crippen molar-refractivity contribution < 1.29 is 8.78 Å². The van der Waals surface area contributed by atoms with E-state index in [9.17, 15) is 8.78 Å². The summed E-state index contributed by atoms with van der Waals surface area (Å²) in [6.07, 6.45) is 1.55. The minimum Gasteiger partial charge on any atom is -0.338 e. The lowest BCUT2D eigenvalue weighted by Crippen LogP contribution is -1.99. The standard InChI is InChI=1S/C29H17ClF2N4S/c30-18-7-5-17(6-8-18)28-22-3-1-2-4-23(22)29(36-35-28)34-20-9-11-21(12-10-20)37-26-13-14-33-25-16-19(31)15-24(32)27(25)26/h1-16H,(H,34,36). The number of rotatable bonds is 5. The van der Waals surface area contributed by atoms with E-state index in [4.69, 9.17) is 11.6 Å². The molecular weight excluding hydrogens is 510 g/mol. The molecular formula is C29H17ClF2N4S. The molecule has 2 aromatic heterocycles. The molecule has 0 amide bonds. The number of halogens is 3. The van der Waals surface area contributed by atoms with E-state index in [2.05, 4.69) is 20.5 Å². The molecule has 0 atom stereocenters. The third-order valence-corrected chi connectivity index (χ3v) is 7.19. The van der Waals surface area contributed by atoms with Crippen LogP contribution in [0.25, 0.3) is 32.9 Å². The van der Waals surface area contributed by atoms with Gasteiger partial charge < -0.3 is 5.32 Å². The third-order valence-electron chi connectivity index (χ3n) is 5.87. The van der Waals surface area contributed by atoms with Crippen molar-refractivity contribution in [2.24, 2.45) is 0 Å². The molecule has 0 aliphatic carbocycles. The van der Waals surface area contributed by atoms with Crippen LogP contribution < -0.4 is 5.32 Å². The van der Waals surface area contributed by atoms with Crippen LogP contribution in [0.1, 0.15) is 0 Å². The summed E-state index contributed by atoms with van der Waals surface area (Å²) >= 11 is 7.43. The van der Waals surface area contributed by atoms with Gasteiger partial charge in [0.2, 0.25) is 0 Å². The molecule has 0 aliphatic heterocycles. The van der Waals surface area contributed by atoms with Crippen molar-refractivity contribution in [1.82, 2.24) is 15.2 Å². The summed E-state index contributed by atoms with van der Waals surface area (Å²) in [7, 11) is 0. The molecule has 0 fully saturated rings. The molecule has 8 heteroatoms. The van der Waals surface area contributed by atoms with Crippen molar-refractivity contribution in [2.75, 3.05) is 5.32 Å². The molecule has 37 heavy (non-hydrogen) atoms. The van der Waals surface area contributed by atoms with Gasteiger partial charge in [0.25, 0.3) is 0 Å². The molecule has 0 saturated heterocycles. The summed E-state index contributed by atoms with van der Waals surface area (Å²) < 4.78 is 28.1. The zero-order valence-corrected chi connectivity index (χ0v) is 20.7. The van der Waals surface area contributed by atoms with E-state index in [0.717, 1.165) is 38.7 Å². The summed E-state index contributed by atoms with van der Waals surface area (Å²) in [4.78, 5) is 5.66. The van der Waals surface area contributed by atoms with Crippen LogP contribution in [0.2, 0.25) is 5.02 Å². The van der Waals surface area contributed by atoms with E-state index < -0.39 is 11.6 Å². The molecule has 4 aromatic carbocycles. The summed E-state index contributed by atoms with van der Waals surface area (Å²) in [6.45, 7) is 0. The van der Waals surface area contributed by atoms with Crippen LogP contribution in [0.15, 0.2) is 107 Å². The number of hydrogen-bond acceptors (Lipinski definition) is 5. The predicted octanol–water partition coefficient (Wildman–Crippen LogP) is 8.67. The van der Waals surface area contributed by atoms with Crippen molar-refractivity contribution in [2.45, 2.75) is 9.79 Å². The highest BCUT2D eigenvalue weighted by atomic mass is 35.5. The molecule has 180 valence electrons. The van der Waals surface area contributed by atoms with Gasteiger partial charge in [0.05, 0.1) is 10.9 Å². The topological polar surface area (TPSA) is 50.7 Å². The SMILES string of the molecule is Fc1cc(F)c2c(Sc3ccc(Nc4nnc(-c5ccc(Cl)cc5)c5ccccc45)cc3)ccnc2c1. The van der Waals surface area contributed by atoms with Crippen LogP contribution >= 0.6 is 23.4 Å². The molecule has 2 heterocycles. The lowest BCUT2D eigenvalue weighted by molar-refractivity contribution is 0.590. The number of benzene rings is 4. The smallest absolute Gasteiger partial charge is 0.161 e. The second kappa shape index (κ2) is 9.76. The minimum absolute atomic E-state index is 0.285. The normalized spacial score (nSPS) is 11.2. The second-order valence-corrected chi connectivity index (χ2v) is 9.84. The lowest BCUT2D eigenvalue weighted by atomic mass is 10.0. The van der Waals surface area contributed by atoms with E-state index in [-0.39, 0.29) is 5.52 Å². The number of anilines is 2. The first-order valence-electron chi connectivity index (χ1n) is 11.4. The van der Waals surface area contributed by atoms with Gasteiger partial charge in [-0.25, -0.2) is 8.78 Å². The molecule has 4 nitrogen and oxygen atoms in total. The predicted molar refractivity (Wildman–Crippen MR) is 145 cm³/mol. The van der Waals surface area contributed by atoms with Crippen molar-refractivity contribution in [1.29, 1.82) is 0 Å². The van der Waals surface area contributed by atoms with Crippen LogP contribution in [-0.2, 0) is 0 Å². The van der Waals surface area contributed by atoms with Gasteiger partial charge >= 0.3 is 0 Å². The third kappa shape index (κ3) is 4.71. The van der Waals surface area contributed by atoms with Crippen LogP contribution in [0.5, 0.6) is 0 Å². The fourth-order valence-corrected chi connectivity index (χ4v) is 5.23.